The molecule has 0 spiro atoms. The van der Waals surface area contributed by atoms with Crippen molar-refractivity contribution in [3.05, 3.63) is 29.6 Å². The average Bonchev–Trinajstić information content (AvgIpc) is 2.27. The lowest BCUT2D eigenvalue weighted by Crippen LogP contribution is -2.36. The maximum atomic E-state index is 13.3. The van der Waals surface area contributed by atoms with Crippen LogP contribution < -0.4 is 0 Å². The van der Waals surface area contributed by atoms with Crippen molar-refractivity contribution in [2.24, 2.45) is 5.92 Å². The Hall–Kier alpha value is -1.09. The van der Waals surface area contributed by atoms with E-state index in [1.807, 2.05) is 6.92 Å². The second-order valence-corrected chi connectivity index (χ2v) is 5.56. The van der Waals surface area contributed by atoms with Gasteiger partial charge in [-0.05, 0) is 44.9 Å². The fraction of sp³-hybridized carbons (Fsp3) is 0.600. The van der Waals surface area contributed by atoms with Gasteiger partial charge >= 0.3 is 0 Å². The van der Waals surface area contributed by atoms with Crippen molar-refractivity contribution in [3.8, 4) is 5.75 Å². The first-order chi connectivity index (χ1) is 8.32. The van der Waals surface area contributed by atoms with Crippen molar-refractivity contribution >= 4 is 0 Å². The van der Waals surface area contributed by atoms with Gasteiger partial charge in [0.15, 0.2) is 0 Å². The van der Waals surface area contributed by atoms with Crippen molar-refractivity contribution in [2.75, 3.05) is 6.54 Å². The van der Waals surface area contributed by atoms with Crippen LogP contribution in [0.1, 0.15) is 46.2 Å². The van der Waals surface area contributed by atoms with Crippen molar-refractivity contribution in [2.45, 2.75) is 46.7 Å². The third-order valence-corrected chi connectivity index (χ3v) is 3.18. The van der Waals surface area contributed by atoms with Crippen molar-refractivity contribution in [3.63, 3.8) is 0 Å². The smallest absolute Gasteiger partial charge is 0.123 e. The lowest BCUT2D eigenvalue weighted by molar-refractivity contribution is 0.143. The molecule has 0 fully saturated rings. The summed E-state index contributed by atoms with van der Waals surface area (Å²) in [4.78, 5) is 2.28. The van der Waals surface area contributed by atoms with Crippen LogP contribution in [0, 0.1) is 11.7 Å². The molecular formula is C15H24FNO. The van der Waals surface area contributed by atoms with Gasteiger partial charge in [0.2, 0.25) is 0 Å². The summed E-state index contributed by atoms with van der Waals surface area (Å²) in [6.45, 7) is 11.5. The van der Waals surface area contributed by atoms with Gasteiger partial charge < -0.3 is 5.11 Å². The predicted octanol–water partition coefficient (Wildman–Crippen LogP) is 3.96. The number of hydrogen-bond acceptors (Lipinski definition) is 2. The van der Waals surface area contributed by atoms with Crippen molar-refractivity contribution in [1.29, 1.82) is 0 Å². The molecular weight excluding hydrogens is 229 g/mol. The molecule has 0 amide bonds. The van der Waals surface area contributed by atoms with Gasteiger partial charge in [-0.2, -0.15) is 0 Å². The maximum absolute atomic E-state index is 13.3. The molecule has 0 saturated heterocycles. The zero-order valence-corrected chi connectivity index (χ0v) is 11.9. The summed E-state index contributed by atoms with van der Waals surface area (Å²) in [7, 11) is 0. The molecule has 1 unspecified atom stereocenters. The topological polar surface area (TPSA) is 23.5 Å². The molecule has 102 valence electrons. The van der Waals surface area contributed by atoms with Gasteiger partial charge in [0.05, 0.1) is 0 Å². The average molecular weight is 253 g/mol. The third kappa shape index (κ3) is 3.70. The van der Waals surface area contributed by atoms with Crippen molar-refractivity contribution < 1.29 is 9.50 Å². The summed E-state index contributed by atoms with van der Waals surface area (Å²) in [5, 5.41) is 9.88. The van der Waals surface area contributed by atoms with Gasteiger partial charge in [-0.1, -0.05) is 13.8 Å². The molecule has 0 aliphatic rings. The molecule has 1 atom stereocenters. The van der Waals surface area contributed by atoms with Gasteiger partial charge in [0.25, 0.3) is 0 Å². The first-order valence-corrected chi connectivity index (χ1v) is 6.57. The van der Waals surface area contributed by atoms with Crippen LogP contribution in [-0.2, 0) is 0 Å². The number of phenols is 1. The van der Waals surface area contributed by atoms with Gasteiger partial charge in [-0.25, -0.2) is 4.39 Å². The second kappa shape index (κ2) is 6.19. The Balaban J connectivity index is 3.01. The number of aromatic hydroxyl groups is 1. The number of halogens is 1. The minimum atomic E-state index is -0.303. The van der Waals surface area contributed by atoms with E-state index in [4.69, 9.17) is 0 Å². The zero-order valence-electron chi connectivity index (χ0n) is 11.9. The molecule has 0 bridgehead atoms. The quantitative estimate of drug-likeness (QED) is 0.858. The van der Waals surface area contributed by atoms with Crippen LogP contribution in [0.2, 0.25) is 0 Å². The SMILES string of the molecule is CC(C)CN(C(C)C)C(C)c1cc(F)ccc1O. The van der Waals surface area contributed by atoms with Gasteiger partial charge in [-0.15, -0.1) is 0 Å². The molecule has 0 aliphatic carbocycles. The number of hydrogen-bond donors (Lipinski definition) is 1. The third-order valence-electron chi connectivity index (χ3n) is 3.18. The van der Waals surface area contributed by atoms with E-state index in [9.17, 15) is 9.50 Å². The van der Waals surface area contributed by atoms with Gasteiger partial charge in [-0.3, -0.25) is 4.90 Å². The highest BCUT2D eigenvalue weighted by Crippen LogP contribution is 2.30. The van der Waals surface area contributed by atoms with Crippen LogP contribution in [0.15, 0.2) is 18.2 Å². The summed E-state index contributed by atoms with van der Waals surface area (Å²) in [5.41, 5.74) is 0.657. The van der Waals surface area contributed by atoms with Crippen LogP contribution in [0.4, 0.5) is 4.39 Å². The Kier molecular flexibility index (Phi) is 5.15. The molecule has 1 aromatic rings. The van der Waals surface area contributed by atoms with Crippen LogP contribution in [0.5, 0.6) is 5.75 Å². The first kappa shape index (κ1) is 15.0. The van der Waals surface area contributed by atoms with E-state index < -0.39 is 0 Å². The largest absolute Gasteiger partial charge is 0.508 e. The molecule has 0 saturated carbocycles. The molecule has 18 heavy (non-hydrogen) atoms. The molecule has 0 aromatic heterocycles. The van der Waals surface area contributed by atoms with Gasteiger partial charge in [0, 0.05) is 24.2 Å². The highest BCUT2D eigenvalue weighted by atomic mass is 19.1. The Morgan fingerprint density at radius 1 is 1.17 bits per heavy atom. The summed E-state index contributed by atoms with van der Waals surface area (Å²) in [5.74, 6) is 0.395. The highest BCUT2D eigenvalue weighted by molar-refractivity contribution is 5.35. The summed E-state index contributed by atoms with van der Waals surface area (Å²) in [6.07, 6.45) is 0. The minimum absolute atomic E-state index is 0.00287. The molecule has 1 aromatic carbocycles. The minimum Gasteiger partial charge on any atom is -0.508 e. The molecule has 0 radical (unpaired) electrons. The number of rotatable bonds is 5. The van der Waals surface area contributed by atoms with E-state index in [1.165, 1.54) is 18.2 Å². The highest BCUT2D eigenvalue weighted by Gasteiger charge is 2.22. The monoisotopic (exact) mass is 253 g/mol. The fourth-order valence-corrected chi connectivity index (χ4v) is 2.28. The van der Waals surface area contributed by atoms with E-state index in [-0.39, 0.29) is 17.6 Å². The van der Waals surface area contributed by atoms with Crippen molar-refractivity contribution in [1.82, 2.24) is 4.90 Å². The Morgan fingerprint density at radius 3 is 2.28 bits per heavy atom. The lowest BCUT2D eigenvalue weighted by atomic mass is 10.0. The number of benzene rings is 1. The maximum Gasteiger partial charge on any atom is 0.123 e. The molecule has 0 aliphatic heterocycles. The Bertz CT molecular complexity index is 390. The molecule has 3 heteroatoms. The normalized spacial score (nSPS) is 13.6. The predicted molar refractivity (Wildman–Crippen MR) is 73.2 cm³/mol. The molecule has 2 nitrogen and oxygen atoms in total. The van der Waals surface area contributed by atoms with E-state index in [0.29, 0.717) is 17.5 Å². The zero-order chi connectivity index (χ0) is 13.9. The summed E-state index contributed by atoms with van der Waals surface area (Å²) >= 11 is 0. The van der Waals surface area contributed by atoms with Crippen LogP contribution in [0.25, 0.3) is 0 Å². The van der Waals surface area contributed by atoms with Gasteiger partial charge in [0.1, 0.15) is 11.6 Å². The molecule has 1 N–H and O–H groups in total. The second-order valence-electron chi connectivity index (χ2n) is 5.56. The Labute approximate surface area is 109 Å². The van der Waals surface area contributed by atoms with E-state index >= 15 is 0 Å². The Morgan fingerprint density at radius 2 is 1.78 bits per heavy atom. The van der Waals surface area contributed by atoms with E-state index in [0.717, 1.165) is 6.54 Å². The number of nitrogens with zero attached hydrogens (tertiary/aromatic N) is 1. The molecule has 1 rings (SSSR count). The fourth-order valence-electron chi connectivity index (χ4n) is 2.28. The van der Waals surface area contributed by atoms with E-state index in [2.05, 4.69) is 32.6 Å². The number of phenolic OH excluding ortho intramolecular Hbond substituents is 1. The summed E-state index contributed by atoms with van der Waals surface area (Å²) in [6, 6.07) is 4.49. The summed E-state index contributed by atoms with van der Waals surface area (Å²) < 4.78 is 13.3. The standard InChI is InChI=1S/C15H24FNO/c1-10(2)9-17(11(3)4)12(5)14-8-13(16)6-7-15(14)18/h6-8,10-12,18H,9H2,1-5H3. The molecule has 0 heterocycles. The van der Waals surface area contributed by atoms with Crippen LogP contribution in [-0.4, -0.2) is 22.6 Å². The lowest BCUT2D eigenvalue weighted by Gasteiger charge is -2.34. The first-order valence-electron chi connectivity index (χ1n) is 6.57. The van der Waals surface area contributed by atoms with Crippen LogP contribution in [0.3, 0.4) is 0 Å². The van der Waals surface area contributed by atoms with E-state index in [1.54, 1.807) is 0 Å². The van der Waals surface area contributed by atoms with Crippen LogP contribution >= 0.6 is 0 Å².